The number of thiophene rings is 1. The molecule has 3 rings (SSSR count). The summed E-state index contributed by atoms with van der Waals surface area (Å²) in [5, 5.41) is 22.9. The van der Waals surface area contributed by atoms with Crippen LogP contribution in [0.25, 0.3) is 10.2 Å². The van der Waals surface area contributed by atoms with E-state index in [1.165, 1.54) is 17.4 Å². The van der Waals surface area contributed by atoms with Crippen molar-refractivity contribution in [3.8, 4) is 0 Å². The van der Waals surface area contributed by atoms with Gasteiger partial charge in [0, 0.05) is 13.1 Å². The largest absolute Gasteiger partial charge is 0.506 e. The van der Waals surface area contributed by atoms with E-state index in [1.54, 1.807) is 26.8 Å². The van der Waals surface area contributed by atoms with Crippen LogP contribution in [0.4, 0.5) is 9.80 Å². The standard InChI is InChI=1S/C19H28BN3O6S/c1-5-12(22-6-8-28-9-7-22)17(24)21-16-10-13-14(30-16)11-15(20(26)27)23(13)18(25)29-19(2,3)4/h10-12,26-27H,5-9H2,1-4H3,(H,21,24). The third-order valence-electron chi connectivity index (χ3n) is 4.78. The highest BCUT2D eigenvalue weighted by molar-refractivity contribution is 7.23. The van der Waals surface area contributed by atoms with Crippen molar-refractivity contribution < 1.29 is 29.1 Å². The maximum Gasteiger partial charge on any atom is 0.506 e. The Labute approximate surface area is 179 Å². The van der Waals surface area contributed by atoms with Crippen molar-refractivity contribution in [3.63, 3.8) is 0 Å². The number of hydrogen-bond donors (Lipinski definition) is 3. The number of rotatable bonds is 5. The van der Waals surface area contributed by atoms with E-state index in [1.807, 2.05) is 6.92 Å². The fraction of sp³-hybridized carbons (Fsp3) is 0.579. The molecule has 2 aromatic heterocycles. The van der Waals surface area contributed by atoms with Crippen molar-refractivity contribution in [3.05, 3.63) is 12.1 Å². The van der Waals surface area contributed by atoms with Gasteiger partial charge >= 0.3 is 13.2 Å². The molecule has 1 saturated heterocycles. The van der Waals surface area contributed by atoms with Gasteiger partial charge < -0.3 is 24.8 Å². The summed E-state index contributed by atoms with van der Waals surface area (Å²) in [5.41, 5.74) is -0.277. The Balaban J connectivity index is 1.86. The first-order valence-corrected chi connectivity index (χ1v) is 10.8. The second-order valence-electron chi connectivity index (χ2n) is 8.18. The number of fused-ring (bicyclic) bond motifs is 1. The maximum absolute atomic E-state index is 12.9. The summed E-state index contributed by atoms with van der Waals surface area (Å²) < 4.78 is 12.5. The predicted molar refractivity (Wildman–Crippen MR) is 116 cm³/mol. The Bertz CT molecular complexity index is 913. The van der Waals surface area contributed by atoms with E-state index in [4.69, 9.17) is 9.47 Å². The van der Waals surface area contributed by atoms with Gasteiger partial charge in [0.15, 0.2) is 0 Å². The Kier molecular flexibility index (Phi) is 6.88. The van der Waals surface area contributed by atoms with Gasteiger partial charge in [0.2, 0.25) is 5.91 Å². The maximum atomic E-state index is 12.9. The summed E-state index contributed by atoms with van der Waals surface area (Å²) in [5.74, 6) is -0.116. The molecule has 0 saturated carbocycles. The third-order valence-corrected chi connectivity index (χ3v) is 5.77. The van der Waals surface area contributed by atoms with Crippen LogP contribution >= 0.6 is 11.3 Å². The molecular weight excluding hydrogens is 409 g/mol. The van der Waals surface area contributed by atoms with Crippen molar-refractivity contribution in [1.29, 1.82) is 0 Å². The lowest BCUT2D eigenvalue weighted by Gasteiger charge is -2.32. The minimum Gasteiger partial charge on any atom is -0.443 e. The van der Waals surface area contributed by atoms with Crippen molar-refractivity contribution >= 4 is 51.3 Å². The average molecular weight is 437 g/mol. The molecule has 11 heteroatoms. The van der Waals surface area contributed by atoms with E-state index in [9.17, 15) is 19.6 Å². The molecule has 30 heavy (non-hydrogen) atoms. The lowest BCUT2D eigenvalue weighted by molar-refractivity contribution is -0.123. The summed E-state index contributed by atoms with van der Waals surface area (Å²) in [6, 6.07) is 2.90. The smallest absolute Gasteiger partial charge is 0.443 e. The van der Waals surface area contributed by atoms with Gasteiger partial charge in [-0.05, 0) is 39.3 Å². The molecule has 2 aromatic rings. The Hall–Kier alpha value is -1.92. The molecule has 1 aliphatic rings. The summed E-state index contributed by atoms with van der Waals surface area (Å²) in [6.07, 6.45) is -0.0436. The fourth-order valence-electron chi connectivity index (χ4n) is 3.48. The number of anilines is 1. The highest BCUT2D eigenvalue weighted by Crippen LogP contribution is 2.31. The second-order valence-corrected chi connectivity index (χ2v) is 9.26. The molecule has 3 heterocycles. The van der Waals surface area contributed by atoms with Gasteiger partial charge in [-0.3, -0.25) is 14.3 Å². The van der Waals surface area contributed by atoms with Crippen molar-refractivity contribution in [2.45, 2.75) is 45.8 Å². The summed E-state index contributed by atoms with van der Waals surface area (Å²) in [7, 11) is -1.83. The number of hydrogen-bond acceptors (Lipinski definition) is 8. The number of amides is 1. The molecule has 1 aliphatic heterocycles. The topological polar surface area (TPSA) is 113 Å². The molecule has 0 spiro atoms. The Morgan fingerprint density at radius 3 is 2.53 bits per heavy atom. The third kappa shape index (κ3) is 5.04. The minimum absolute atomic E-state index is 0.0168. The van der Waals surface area contributed by atoms with Gasteiger partial charge in [-0.2, -0.15) is 0 Å². The normalized spacial score (nSPS) is 16.5. The van der Waals surface area contributed by atoms with E-state index in [-0.39, 0.29) is 17.5 Å². The van der Waals surface area contributed by atoms with Crippen LogP contribution in [-0.2, 0) is 14.3 Å². The van der Waals surface area contributed by atoms with Crippen molar-refractivity contribution in [2.24, 2.45) is 0 Å². The number of morpholine rings is 1. The van der Waals surface area contributed by atoms with Crippen LogP contribution in [0.15, 0.2) is 12.1 Å². The quantitative estimate of drug-likeness (QED) is 0.603. The van der Waals surface area contributed by atoms with Crippen LogP contribution in [0.1, 0.15) is 34.1 Å². The molecule has 3 N–H and O–H groups in total. The zero-order chi connectivity index (χ0) is 22.1. The Morgan fingerprint density at radius 2 is 1.97 bits per heavy atom. The molecule has 0 aromatic carbocycles. The molecular formula is C19H28BN3O6S. The van der Waals surface area contributed by atoms with E-state index in [0.717, 1.165) is 4.57 Å². The average Bonchev–Trinajstić information content (AvgIpc) is 3.18. The molecule has 1 unspecified atom stereocenters. The number of nitrogens with one attached hydrogen (secondary N) is 1. The highest BCUT2D eigenvalue weighted by atomic mass is 32.1. The lowest BCUT2D eigenvalue weighted by atomic mass is 9.86. The van der Waals surface area contributed by atoms with Gasteiger partial charge in [0.05, 0.1) is 40.1 Å². The molecule has 0 aliphatic carbocycles. The molecule has 0 bridgehead atoms. The van der Waals surface area contributed by atoms with Crippen LogP contribution < -0.4 is 10.9 Å². The van der Waals surface area contributed by atoms with Gasteiger partial charge in [-0.15, -0.1) is 11.3 Å². The van der Waals surface area contributed by atoms with Crippen LogP contribution in [-0.4, -0.2) is 76.6 Å². The molecule has 0 radical (unpaired) electrons. The van der Waals surface area contributed by atoms with E-state index in [0.29, 0.717) is 47.9 Å². The number of aromatic nitrogens is 1. The number of carbonyl (C=O) groups excluding carboxylic acids is 2. The first kappa shape index (κ1) is 22.8. The summed E-state index contributed by atoms with van der Waals surface area (Å²) >= 11 is 1.26. The van der Waals surface area contributed by atoms with Crippen molar-refractivity contribution in [2.75, 3.05) is 31.6 Å². The number of carbonyl (C=O) groups is 2. The molecule has 9 nitrogen and oxygen atoms in total. The first-order valence-electron chi connectivity index (χ1n) is 9.98. The monoisotopic (exact) mass is 437 g/mol. The predicted octanol–water partition coefficient (Wildman–Crippen LogP) is 1.22. The van der Waals surface area contributed by atoms with Crippen LogP contribution in [0.2, 0.25) is 0 Å². The zero-order valence-corrected chi connectivity index (χ0v) is 18.5. The Morgan fingerprint density at radius 1 is 1.30 bits per heavy atom. The number of nitrogens with zero attached hydrogens (tertiary/aromatic N) is 2. The van der Waals surface area contributed by atoms with Crippen molar-refractivity contribution in [1.82, 2.24) is 9.47 Å². The second kappa shape index (κ2) is 9.07. The van der Waals surface area contributed by atoms with Gasteiger partial charge in [0.1, 0.15) is 5.60 Å². The molecule has 1 fully saturated rings. The van der Waals surface area contributed by atoms with E-state index in [2.05, 4.69) is 10.2 Å². The summed E-state index contributed by atoms with van der Waals surface area (Å²) in [6.45, 7) is 9.80. The van der Waals surface area contributed by atoms with Gasteiger partial charge in [-0.25, -0.2) is 4.79 Å². The fourth-order valence-corrected chi connectivity index (χ4v) is 4.47. The van der Waals surface area contributed by atoms with Crippen LogP contribution in [0.5, 0.6) is 0 Å². The zero-order valence-electron chi connectivity index (χ0n) is 17.7. The van der Waals surface area contributed by atoms with Crippen LogP contribution in [0.3, 0.4) is 0 Å². The first-order chi connectivity index (χ1) is 14.1. The summed E-state index contributed by atoms with van der Waals surface area (Å²) in [4.78, 5) is 27.6. The molecule has 1 atom stereocenters. The molecule has 1 amide bonds. The minimum atomic E-state index is -1.83. The highest BCUT2D eigenvalue weighted by Gasteiger charge is 2.30. The van der Waals surface area contributed by atoms with E-state index < -0.39 is 18.8 Å². The SMILES string of the molecule is CCC(C(=O)Nc1cc2c(cc(B(O)O)n2C(=O)OC(C)(C)C)s1)N1CCOCC1. The number of ether oxygens (including phenoxy) is 2. The van der Waals surface area contributed by atoms with Gasteiger partial charge in [-0.1, -0.05) is 6.92 Å². The van der Waals surface area contributed by atoms with Gasteiger partial charge in [0.25, 0.3) is 0 Å². The molecule has 164 valence electrons. The lowest BCUT2D eigenvalue weighted by Crippen LogP contribution is -2.48. The van der Waals surface area contributed by atoms with E-state index >= 15 is 0 Å². The van der Waals surface area contributed by atoms with Crippen LogP contribution in [0, 0.1) is 0 Å².